The van der Waals surface area contributed by atoms with E-state index >= 15 is 0 Å². The van der Waals surface area contributed by atoms with E-state index in [-0.39, 0.29) is 5.56 Å². The highest BCUT2D eigenvalue weighted by Crippen LogP contribution is 2.21. The van der Waals surface area contributed by atoms with E-state index in [4.69, 9.17) is 0 Å². The third-order valence-corrected chi connectivity index (χ3v) is 1.41. The first-order valence-corrected chi connectivity index (χ1v) is 3.21. The number of hydrogen-bond acceptors (Lipinski definition) is 0. The van der Waals surface area contributed by atoms with Crippen molar-refractivity contribution in [2.75, 3.05) is 0 Å². The SMILES string of the molecule is CC(F)c1cccc(F)c1F. The maximum absolute atomic E-state index is 12.6. The van der Waals surface area contributed by atoms with Crippen LogP contribution in [-0.2, 0) is 0 Å². The number of alkyl halides is 1. The fourth-order valence-electron chi connectivity index (χ4n) is 0.828. The smallest absolute Gasteiger partial charge is 0.164 e. The fourth-order valence-corrected chi connectivity index (χ4v) is 0.828. The van der Waals surface area contributed by atoms with Crippen molar-refractivity contribution < 1.29 is 13.2 Å². The summed E-state index contributed by atoms with van der Waals surface area (Å²) < 4.78 is 37.5. The van der Waals surface area contributed by atoms with Crippen LogP contribution in [-0.4, -0.2) is 0 Å². The van der Waals surface area contributed by atoms with Crippen LogP contribution in [0.3, 0.4) is 0 Å². The standard InChI is InChI=1S/C8H7F3/c1-5(9)6-3-2-4-7(10)8(6)11/h2-5H,1H3. The summed E-state index contributed by atoms with van der Waals surface area (Å²) in [5.41, 5.74) is -0.231. The van der Waals surface area contributed by atoms with Gasteiger partial charge in [0.25, 0.3) is 0 Å². The molecule has 0 radical (unpaired) electrons. The molecule has 0 aliphatic rings. The Morgan fingerprint density at radius 1 is 1.27 bits per heavy atom. The predicted octanol–water partition coefficient (Wildman–Crippen LogP) is 3.00. The van der Waals surface area contributed by atoms with Gasteiger partial charge in [-0.05, 0) is 13.0 Å². The van der Waals surface area contributed by atoms with Gasteiger partial charge in [0.15, 0.2) is 11.6 Å². The van der Waals surface area contributed by atoms with Gasteiger partial charge in [-0.25, -0.2) is 13.2 Å². The lowest BCUT2D eigenvalue weighted by molar-refractivity contribution is 0.354. The first kappa shape index (κ1) is 8.11. The van der Waals surface area contributed by atoms with E-state index in [2.05, 4.69) is 0 Å². The number of benzene rings is 1. The monoisotopic (exact) mass is 160 g/mol. The highest BCUT2D eigenvalue weighted by atomic mass is 19.2. The van der Waals surface area contributed by atoms with E-state index in [9.17, 15) is 13.2 Å². The Bertz CT molecular complexity index is 256. The number of rotatable bonds is 1. The first-order valence-electron chi connectivity index (χ1n) is 3.21. The molecule has 0 aromatic heterocycles. The Morgan fingerprint density at radius 2 is 1.91 bits per heavy atom. The third kappa shape index (κ3) is 1.53. The van der Waals surface area contributed by atoms with Crippen molar-refractivity contribution in [1.82, 2.24) is 0 Å². The van der Waals surface area contributed by atoms with Crippen molar-refractivity contribution >= 4 is 0 Å². The molecule has 60 valence electrons. The molecule has 0 heterocycles. The summed E-state index contributed by atoms with van der Waals surface area (Å²) in [5, 5.41) is 0. The van der Waals surface area contributed by atoms with Crippen LogP contribution in [0.2, 0.25) is 0 Å². The summed E-state index contributed by atoms with van der Waals surface area (Å²) >= 11 is 0. The van der Waals surface area contributed by atoms with Crippen molar-refractivity contribution in [3.8, 4) is 0 Å². The quantitative estimate of drug-likeness (QED) is 0.592. The fraction of sp³-hybridized carbons (Fsp3) is 0.250. The maximum Gasteiger partial charge on any atom is 0.164 e. The summed E-state index contributed by atoms with van der Waals surface area (Å²) in [6.45, 7) is 1.16. The van der Waals surface area contributed by atoms with Crippen LogP contribution in [0.5, 0.6) is 0 Å². The summed E-state index contributed by atoms with van der Waals surface area (Å²) in [7, 11) is 0. The predicted molar refractivity (Wildman–Crippen MR) is 35.9 cm³/mol. The summed E-state index contributed by atoms with van der Waals surface area (Å²) in [4.78, 5) is 0. The van der Waals surface area contributed by atoms with E-state index < -0.39 is 17.8 Å². The minimum absolute atomic E-state index is 0.231. The Morgan fingerprint density at radius 3 is 2.36 bits per heavy atom. The molecule has 0 aliphatic carbocycles. The van der Waals surface area contributed by atoms with Gasteiger partial charge in [-0.3, -0.25) is 0 Å². The van der Waals surface area contributed by atoms with E-state index in [1.165, 1.54) is 12.1 Å². The molecule has 11 heavy (non-hydrogen) atoms. The minimum atomic E-state index is -1.47. The molecule has 0 spiro atoms. The molecule has 1 atom stereocenters. The van der Waals surface area contributed by atoms with Crippen LogP contribution in [0.25, 0.3) is 0 Å². The average Bonchev–Trinajstić information content (AvgIpc) is 1.94. The zero-order valence-corrected chi connectivity index (χ0v) is 5.94. The largest absolute Gasteiger partial charge is 0.242 e. The molecular formula is C8H7F3. The van der Waals surface area contributed by atoms with Gasteiger partial charge in [0.1, 0.15) is 6.17 Å². The lowest BCUT2D eigenvalue weighted by Crippen LogP contribution is -1.94. The van der Waals surface area contributed by atoms with Crippen molar-refractivity contribution in [3.63, 3.8) is 0 Å². The van der Waals surface area contributed by atoms with Gasteiger partial charge in [-0.15, -0.1) is 0 Å². The van der Waals surface area contributed by atoms with Crippen molar-refractivity contribution in [1.29, 1.82) is 0 Å². The second-order valence-electron chi connectivity index (χ2n) is 2.26. The Balaban J connectivity index is 3.17. The van der Waals surface area contributed by atoms with Crippen LogP contribution in [0, 0.1) is 11.6 Å². The van der Waals surface area contributed by atoms with Gasteiger partial charge in [-0.2, -0.15) is 0 Å². The van der Waals surface area contributed by atoms with Gasteiger partial charge >= 0.3 is 0 Å². The molecule has 1 aromatic carbocycles. The Kier molecular flexibility index (Phi) is 2.17. The Hall–Kier alpha value is -0.990. The molecule has 0 bridgehead atoms. The van der Waals surface area contributed by atoms with Crippen LogP contribution in [0.4, 0.5) is 13.2 Å². The van der Waals surface area contributed by atoms with E-state index in [1.54, 1.807) is 0 Å². The van der Waals surface area contributed by atoms with Gasteiger partial charge in [0.05, 0.1) is 0 Å². The molecule has 0 fully saturated rings. The van der Waals surface area contributed by atoms with Crippen molar-refractivity contribution in [3.05, 3.63) is 35.4 Å². The maximum atomic E-state index is 12.6. The molecule has 0 aliphatic heterocycles. The zero-order valence-electron chi connectivity index (χ0n) is 5.94. The third-order valence-electron chi connectivity index (χ3n) is 1.41. The summed E-state index contributed by atoms with van der Waals surface area (Å²) in [6, 6.07) is 3.47. The van der Waals surface area contributed by atoms with Gasteiger partial charge in [0.2, 0.25) is 0 Å². The molecule has 1 unspecified atom stereocenters. The highest BCUT2D eigenvalue weighted by molar-refractivity contribution is 5.20. The highest BCUT2D eigenvalue weighted by Gasteiger charge is 2.12. The second-order valence-corrected chi connectivity index (χ2v) is 2.26. The van der Waals surface area contributed by atoms with Gasteiger partial charge in [-0.1, -0.05) is 12.1 Å². The van der Waals surface area contributed by atoms with E-state index in [0.717, 1.165) is 13.0 Å². The molecular weight excluding hydrogens is 153 g/mol. The molecule has 1 aromatic rings. The lowest BCUT2D eigenvalue weighted by Gasteiger charge is -2.02. The molecule has 0 saturated carbocycles. The molecule has 0 saturated heterocycles. The summed E-state index contributed by atoms with van der Waals surface area (Å²) in [5.74, 6) is -2.10. The average molecular weight is 160 g/mol. The molecule has 0 N–H and O–H groups in total. The van der Waals surface area contributed by atoms with Crippen molar-refractivity contribution in [2.24, 2.45) is 0 Å². The number of hydrogen-bond donors (Lipinski definition) is 0. The van der Waals surface area contributed by atoms with Crippen LogP contribution in [0.15, 0.2) is 18.2 Å². The Labute approximate surface area is 62.7 Å². The lowest BCUT2D eigenvalue weighted by atomic mass is 10.1. The van der Waals surface area contributed by atoms with Crippen LogP contribution in [0.1, 0.15) is 18.7 Å². The molecule has 0 nitrogen and oxygen atoms in total. The topological polar surface area (TPSA) is 0 Å². The van der Waals surface area contributed by atoms with Gasteiger partial charge in [0, 0.05) is 5.56 Å². The van der Waals surface area contributed by atoms with Gasteiger partial charge < -0.3 is 0 Å². The zero-order chi connectivity index (χ0) is 8.43. The minimum Gasteiger partial charge on any atom is -0.242 e. The molecule has 3 heteroatoms. The first-order chi connectivity index (χ1) is 5.13. The molecule has 1 rings (SSSR count). The van der Waals surface area contributed by atoms with E-state index in [0.29, 0.717) is 0 Å². The summed E-state index contributed by atoms with van der Waals surface area (Å²) in [6.07, 6.45) is -1.47. The van der Waals surface area contributed by atoms with Crippen LogP contribution >= 0.6 is 0 Å². The van der Waals surface area contributed by atoms with Crippen molar-refractivity contribution in [2.45, 2.75) is 13.1 Å². The second kappa shape index (κ2) is 2.95. The number of halogens is 3. The normalized spacial score (nSPS) is 13.1. The van der Waals surface area contributed by atoms with E-state index in [1.807, 2.05) is 0 Å². The van der Waals surface area contributed by atoms with Crippen LogP contribution < -0.4 is 0 Å². The molecule has 0 amide bonds.